The van der Waals surface area contributed by atoms with E-state index in [1.807, 2.05) is 11.9 Å². The van der Waals surface area contributed by atoms with E-state index in [4.69, 9.17) is 14.7 Å². The standard InChI is InChI=1S/C11H14N2O3/c1-3-15-11(14)9(8-12)4-5-10-13(2)6-7-16-10/h4-5H,3,6-7H2,1-2H3/b9-4+,10-5+. The predicted octanol–water partition coefficient (Wildman–Crippen LogP) is 0.803. The molecular formula is C11H14N2O3. The number of hydrogen-bond donors (Lipinski definition) is 0. The number of allylic oxidation sites excluding steroid dienone is 2. The minimum absolute atomic E-state index is 0.0294. The second-order valence-corrected chi connectivity index (χ2v) is 3.19. The molecule has 0 atom stereocenters. The first kappa shape index (κ1) is 12.1. The summed E-state index contributed by atoms with van der Waals surface area (Å²) in [4.78, 5) is 13.2. The van der Waals surface area contributed by atoms with Crippen molar-refractivity contribution in [3.63, 3.8) is 0 Å². The zero-order chi connectivity index (χ0) is 12.0. The summed E-state index contributed by atoms with van der Waals surface area (Å²) in [5.74, 6) is 0.0412. The van der Waals surface area contributed by atoms with Gasteiger partial charge in [0.05, 0.1) is 13.2 Å². The van der Waals surface area contributed by atoms with Crippen molar-refractivity contribution < 1.29 is 14.3 Å². The smallest absolute Gasteiger partial charge is 0.348 e. The van der Waals surface area contributed by atoms with E-state index in [9.17, 15) is 4.79 Å². The van der Waals surface area contributed by atoms with Crippen LogP contribution in [0.25, 0.3) is 0 Å². The van der Waals surface area contributed by atoms with Gasteiger partial charge in [0.15, 0.2) is 5.88 Å². The molecule has 16 heavy (non-hydrogen) atoms. The third kappa shape index (κ3) is 3.02. The van der Waals surface area contributed by atoms with Gasteiger partial charge in [-0.15, -0.1) is 0 Å². The summed E-state index contributed by atoms with van der Waals surface area (Å²) in [5, 5.41) is 8.76. The molecule has 0 aliphatic carbocycles. The Bertz CT molecular complexity index is 366. The van der Waals surface area contributed by atoms with E-state index in [1.165, 1.54) is 6.08 Å². The molecule has 5 heteroatoms. The third-order valence-corrected chi connectivity index (χ3v) is 2.06. The van der Waals surface area contributed by atoms with Crippen molar-refractivity contribution in [1.82, 2.24) is 4.90 Å². The third-order valence-electron chi connectivity index (χ3n) is 2.06. The normalized spacial score (nSPS) is 18.2. The highest BCUT2D eigenvalue weighted by molar-refractivity contribution is 5.93. The van der Waals surface area contributed by atoms with Gasteiger partial charge in [-0.3, -0.25) is 0 Å². The van der Waals surface area contributed by atoms with E-state index >= 15 is 0 Å². The summed E-state index contributed by atoms with van der Waals surface area (Å²) < 4.78 is 10.0. The van der Waals surface area contributed by atoms with Gasteiger partial charge in [0.1, 0.15) is 18.2 Å². The molecule has 1 aliphatic rings. The Morgan fingerprint density at radius 1 is 1.75 bits per heavy atom. The minimum atomic E-state index is -0.609. The van der Waals surface area contributed by atoms with E-state index < -0.39 is 5.97 Å². The zero-order valence-corrected chi connectivity index (χ0v) is 9.40. The van der Waals surface area contributed by atoms with Gasteiger partial charge >= 0.3 is 5.97 Å². The Balaban J connectivity index is 2.74. The zero-order valence-electron chi connectivity index (χ0n) is 9.40. The fourth-order valence-corrected chi connectivity index (χ4v) is 1.20. The highest BCUT2D eigenvalue weighted by Crippen LogP contribution is 2.11. The lowest BCUT2D eigenvalue weighted by atomic mass is 10.2. The van der Waals surface area contributed by atoms with Crippen molar-refractivity contribution in [2.75, 3.05) is 26.8 Å². The van der Waals surface area contributed by atoms with Crippen LogP contribution in [0.1, 0.15) is 6.92 Å². The first-order valence-electron chi connectivity index (χ1n) is 5.02. The monoisotopic (exact) mass is 222 g/mol. The molecule has 0 amide bonds. The quantitative estimate of drug-likeness (QED) is 0.401. The highest BCUT2D eigenvalue weighted by atomic mass is 16.5. The van der Waals surface area contributed by atoms with Crippen LogP contribution in [0.5, 0.6) is 0 Å². The van der Waals surface area contributed by atoms with Crippen molar-refractivity contribution >= 4 is 5.97 Å². The molecule has 0 aromatic carbocycles. The Hall–Kier alpha value is -1.96. The summed E-state index contributed by atoms with van der Waals surface area (Å²) in [6.45, 7) is 3.38. The molecule has 1 saturated heterocycles. The Morgan fingerprint density at radius 3 is 3.00 bits per heavy atom. The lowest BCUT2D eigenvalue weighted by molar-refractivity contribution is -0.138. The van der Waals surface area contributed by atoms with Crippen LogP contribution in [-0.2, 0) is 14.3 Å². The number of hydrogen-bond acceptors (Lipinski definition) is 5. The van der Waals surface area contributed by atoms with E-state index in [0.717, 1.165) is 6.54 Å². The maximum absolute atomic E-state index is 11.3. The first-order valence-corrected chi connectivity index (χ1v) is 5.02. The van der Waals surface area contributed by atoms with E-state index in [-0.39, 0.29) is 12.2 Å². The number of rotatable bonds is 3. The lowest BCUT2D eigenvalue weighted by Crippen LogP contribution is -2.11. The summed E-state index contributed by atoms with van der Waals surface area (Å²) in [7, 11) is 1.88. The molecule has 1 heterocycles. The summed E-state index contributed by atoms with van der Waals surface area (Å²) in [5.41, 5.74) is -0.0294. The van der Waals surface area contributed by atoms with E-state index in [0.29, 0.717) is 12.5 Å². The number of likely N-dealkylation sites (N-methyl/N-ethyl adjacent to an activating group) is 1. The fraction of sp³-hybridized carbons (Fsp3) is 0.455. The molecular weight excluding hydrogens is 208 g/mol. The highest BCUT2D eigenvalue weighted by Gasteiger charge is 2.13. The van der Waals surface area contributed by atoms with Crippen LogP contribution < -0.4 is 0 Å². The molecule has 0 aromatic heterocycles. The predicted molar refractivity (Wildman–Crippen MR) is 57.0 cm³/mol. The van der Waals surface area contributed by atoms with Crippen LogP contribution in [0.15, 0.2) is 23.6 Å². The molecule has 1 fully saturated rings. The van der Waals surface area contributed by atoms with E-state index in [1.54, 1.807) is 19.1 Å². The maximum Gasteiger partial charge on any atom is 0.348 e. The first-order chi connectivity index (χ1) is 7.69. The number of carbonyl (C=O) groups is 1. The van der Waals surface area contributed by atoms with E-state index in [2.05, 4.69) is 0 Å². The van der Waals surface area contributed by atoms with Gasteiger partial charge in [-0.05, 0) is 19.1 Å². The Labute approximate surface area is 94.5 Å². The van der Waals surface area contributed by atoms with Gasteiger partial charge in [0.2, 0.25) is 0 Å². The Kier molecular flexibility index (Phi) is 4.40. The van der Waals surface area contributed by atoms with Gasteiger partial charge in [0.25, 0.3) is 0 Å². The average Bonchev–Trinajstić information content (AvgIpc) is 2.66. The SMILES string of the molecule is CCOC(=O)/C(C#N)=C/C=C1/OCCN1C. The molecule has 0 spiro atoms. The number of nitriles is 1. The van der Waals surface area contributed by atoms with Crippen molar-refractivity contribution in [2.45, 2.75) is 6.92 Å². The van der Waals surface area contributed by atoms with Crippen LogP contribution in [-0.4, -0.2) is 37.7 Å². The molecule has 0 radical (unpaired) electrons. The lowest BCUT2D eigenvalue weighted by Gasteiger charge is -2.07. The van der Waals surface area contributed by atoms with Crippen LogP contribution >= 0.6 is 0 Å². The molecule has 0 unspecified atom stereocenters. The van der Waals surface area contributed by atoms with Crippen LogP contribution in [0.2, 0.25) is 0 Å². The molecule has 1 aliphatic heterocycles. The molecule has 1 rings (SSSR count). The number of esters is 1. The number of ether oxygens (including phenoxy) is 2. The molecule has 0 N–H and O–H groups in total. The summed E-state index contributed by atoms with van der Waals surface area (Å²) in [6.07, 6.45) is 3.01. The van der Waals surface area contributed by atoms with Crippen molar-refractivity contribution in [3.05, 3.63) is 23.6 Å². The second kappa shape index (κ2) is 5.81. The topological polar surface area (TPSA) is 62.6 Å². The summed E-state index contributed by atoms with van der Waals surface area (Å²) in [6, 6.07) is 1.79. The van der Waals surface area contributed by atoms with Crippen molar-refractivity contribution in [1.29, 1.82) is 5.26 Å². The van der Waals surface area contributed by atoms with Crippen LogP contribution in [0.4, 0.5) is 0 Å². The molecule has 86 valence electrons. The fourth-order valence-electron chi connectivity index (χ4n) is 1.20. The largest absolute Gasteiger partial charge is 0.477 e. The average molecular weight is 222 g/mol. The number of carbonyl (C=O) groups excluding carboxylic acids is 1. The number of nitrogens with zero attached hydrogens (tertiary/aromatic N) is 2. The van der Waals surface area contributed by atoms with Gasteiger partial charge in [-0.1, -0.05) is 0 Å². The van der Waals surface area contributed by atoms with Crippen LogP contribution in [0.3, 0.4) is 0 Å². The maximum atomic E-state index is 11.3. The molecule has 0 saturated carbocycles. The molecule has 0 aromatic rings. The van der Waals surface area contributed by atoms with Crippen molar-refractivity contribution in [3.8, 4) is 6.07 Å². The summed E-state index contributed by atoms with van der Waals surface area (Å²) >= 11 is 0. The van der Waals surface area contributed by atoms with Gasteiger partial charge in [0, 0.05) is 7.05 Å². The second-order valence-electron chi connectivity index (χ2n) is 3.19. The van der Waals surface area contributed by atoms with Gasteiger partial charge in [-0.25, -0.2) is 4.79 Å². The molecule has 0 bridgehead atoms. The van der Waals surface area contributed by atoms with Gasteiger partial charge in [-0.2, -0.15) is 5.26 Å². The van der Waals surface area contributed by atoms with Gasteiger partial charge < -0.3 is 14.4 Å². The molecule has 5 nitrogen and oxygen atoms in total. The van der Waals surface area contributed by atoms with Crippen molar-refractivity contribution in [2.24, 2.45) is 0 Å². The van der Waals surface area contributed by atoms with Crippen LogP contribution in [0, 0.1) is 11.3 Å². The minimum Gasteiger partial charge on any atom is -0.477 e. The Morgan fingerprint density at radius 2 is 2.50 bits per heavy atom.